The summed E-state index contributed by atoms with van der Waals surface area (Å²) in [7, 11) is 1.93. The van der Waals surface area contributed by atoms with Crippen LogP contribution in [0.1, 0.15) is 13.3 Å². The first kappa shape index (κ1) is 14.1. The molecule has 0 radical (unpaired) electrons. The van der Waals surface area contributed by atoms with E-state index in [4.69, 9.17) is 5.73 Å². The molecule has 0 spiro atoms. The van der Waals surface area contributed by atoms with Crippen LogP contribution in [-0.4, -0.2) is 33.2 Å². The molecular weight excluding hydrogens is 256 g/mol. The minimum Gasteiger partial charge on any atom is -0.382 e. The van der Waals surface area contributed by atoms with E-state index in [0.717, 1.165) is 18.7 Å². The molecule has 2 aromatic heterocycles. The molecule has 7 heteroatoms. The maximum Gasteiger partial charge on any atom is 0.268 e. The van der Waals surface area contributed by atoms with Gasteiger partial charge in [0.1, 0.15) is 5.82 Å². The van der Waals surface area contributed by atoms with Crippen molar-refractivity contribution in [1.29, 1.82) is 0 Å². The van der Waals surface area contributed by atoms with Gasteiger partial charge in [-0.15, -0.1) is 0 Å². The van der Waals surface area contributed by atoms with Crippen molar-refractivity contribution in [2.24, 2.45) is 0 Å². The molecule has 2 N–H and O–H groups in total. The third kappa shape index (κ3) is 3.37. The molecule has 0 aliphatic heterocycles. The zero-order valence-corrected chi connectivity index (χ0v) is 11.9. The molecular formula is C13H20N6O. The molecule has 0 saturated carbocycles. The first-order chi connectivity index (χ1) is 9.60. The topological polar surface area (TPSA) is 82.0 Å². The van der Waals surface area contributed by atoms with Gasteiger partial charge in [0, 0.05) is 38.9 Å². The van der Waals surface area contributed by atoms with Crippen LogP contribution in [0, 0.1) is 0 Å². The number of anilines is 2. The number of nitrogens with two attached hydrogens (primary N) is 1. The molecule has 0 saturated heterocycles. The predicted octanol–water partition coefficient (Wildman–Crippen LogP) is 0.568. The van der Waals surface area contributed by atoms with Crippen molar-refractivity contribution in [2.75, 3.05) is 24.2 Å². The average Bonchev–Trinajstić information content (AvgIpc) is 2.85. The lowest BCUT2D eigenvalue weighted by atomic mass is 10.4. The summed E-state index contributed by atoms with van der Waals surface area (Å²) in [4.78, 5) is 13.9. The normalized spacial score (nSPS) is 10.7. The van der Waals surface area contributed by atoms with Crippen molar-refractivity contribution in [3.05, 3.63) is 34.9 Å². The first-order valence-electron chi connectivity index (χ1n) is 6.67. The average molecular weight is 276 g/mol. The van der Waals surface area contributed by atoms with Crippen LogP contribution in [0.2, 0.25) is 0 Å². The van der Waals surface area contributed by atoms with Crippen molar-refractivity contribution in [2.45, 2.75) is 26.4 Å². The lowest BCUT2D eigenvalue weighted by Crippen LogP contribution is -2.26. The SMILES string of the molecule is CCN(C)c1cnn(CCCn2ccc(N)n2)c(=O)c1. The van der Waals surface area contributed by atoms with Crippen LogP contribution in [0.15, 0.2) is 29.3 Å². The summed E-state index contributed by atoms with van der Waals surface area (Å²) >= 11 is 0. The zero-order chi connectivity index (χ0) is 14.5. The molecule has 108 valence electrons. The van der Waals surface area contributed by atoms with Crippen LogP contribution in [0.3, 0.4) is 0 Å². The van der Waals surface area contributed by atoms with E-state index in [9.17, 15) is 4.79 Å². The Balaban J connectivity index is 1.95. The van der Waals surface area contributed by atoms with Gasteiger partial charge in [0.2, 0.25) is 0 Å². The van der Waals surface area contributed by atoms with Crippen molar-refractivity contribution in [1.82, 2.24) is 19.6 Å². The molecule has 2 aromatic rings. The molecule has 0 aliphatic carbocycles. The molecule has 0 atom stereocenters. The van der Waals surface area contributed by atoms with Crippen molar-refractivity contribution >= 4 is 11.5 Å². The minimum absolute atomic E-state index is 0.0808. The van der Waals surface area contributed by atoms with Gasteiger partial charge in [-0.05, 0) is 19.4 Å². The van der Waals surface area contributed by atoms with E-state index in [1.807, 2.05) is 25.1 Å². The summed E-state index contributed by atoms with van der Waals surface area (Å²) in [6.45, 7) is 4.14. The quantitative estimate of drug-likeness (QED) is 0.834. The van der Waals surface area contributed by atoms with Gasteiger partial charge in [-0.25, -0.2) is 4.68 Å². The van der Waals surface area contributed by atoms with Crippen molar-refractivity contribution in [3.63, 3.8) is 0 Å². The fourth-order valence-electron chi connectivity index (χ4n) is 1.87. The van der Waals surface area contributed by atoms with Crippen LogP contribution < -0.4 is 16.2 Å². The minimum atomic E-state index is -0.0808. The molecule has 0 aromatic carbocycles. The zero-order valence-electron chi connectivity index (χ0n) is 11.9. The van der Waals surface area contributed by atoms with Crippen LogP contribution >= 0.6 is 0 Å². The number of nitrogen functional groups attached to an aromatic ring is 1. The number of aryl methyl sites for hydroxylation is 2. The summed E-state index contributed by atoms with van der Waals surface area (Å²) in [5.74, 6) is 0.507. The van der Waals surface area contributed by atoms with Gasteiger partial charge < -0.3 is 10.6 Å². The van der Waals surface area contributed by atoms with Crippen LogP contribution in [0.4, 0.5) is 11.5 Å². The Labute approximate surface area is 117 Å². The highest BCUT2D eigenvalue weighted by Gasteiger charge is 2.03. The van der Waals surface area contributed by atoms with Crippen LogP contribution in [0.5, 0.6) is 0 Å². The Kier molecular flexibility index (Phi) is 4.39. The highest BCUT2D eigenvalue weighted by atomic mass is 16.1. The summed E-state index contributed by atoms with van der Waals surface area (Å²) < 4.78 is 3.24. The van der Waals surface area contributed by atoms with E-state index in [-0.39, 0.29) is 5.56 Å². The number of rotatable bonds is 6. The van der Waals surface area contributed by atoms with Gasteiger partial charge in [0.05, 0.1) is 11.9 Å². The van der Waals surface area contributed by atoms with Crippen molar-refractivity contribution in [3.8, 4) is 0 Å². The van der Waals surface area contributed by atoms with Gasteiger partial charge >= 0.3 is 0 Å². The van der Waals surface area contributed by atoms with Gasteiger partial charge in [-0.2, -0.15) is 10.2 Å². The summed E-state index contributed by atoms with van der Waals surface area (Å²) in [6.07, 6.45) is 4.32. The third-order valence-corrected chi connectivity index (χ3v) is 3.19. The predicted molar refractivity (Wildman–Crippen MR) is 78.7 cm³/mol. The van der Waals surface area contributed by atoms with Crippen LogP contribution in [-0.2, 0) is 13.1 Å². The molecule has 7 nitrogen and oxygen atoms in total. The summed E-state index contributed by atoms with van der Waals surface area (Å²) in [6, 6.07) is 3.36. The first-order valence-corrected chi connectivity index (χ1v) is 6.67. The van der Waals surface area contributed by atoms with E-state index in [2.05, 4.69) is 10.2 Å². The van der Waals surface area contributed by atoms with Gasteiger partial charge in [0.25, 0.3) is 5.56 Å². The third-order valence-electron chi connectivity index (χ3n) is 3.19. The smallest absolute Gasteiger partial charge is 0.268 e. The Morgan fingerprint density at radius 3 is 2.80 bits per heavy atom. The molecule has 0 aliphatic rings. The lowest BCUT2D eigenvalue weighted by molar-refractivity contribution is 0.486. The largest absolute Gasteiger partial charge is 0.382 e. The number of nitrogens with zero attached hydrogens (tertiary/aromatic N) is 5. The second-order valence-electron chi connectivity index (χ2n) is 4.65. The van der Waals surface area contributed by atoms with Gasteiger partial charge in [0.15, 0.2) is 0 Å². The number of aromatic nitrogens is 4. The molecule has 2 heterocycles. The Hall–Kier alpha value is -2.31. The molecule has 0 bridgehead atoms. The second kappa shape index (κ2) is 6.23. The lowest BCUT2D eigenvalue weighted by Gasteiger charge is -2.16. The fraction of sp³-hybridized carbons (Fsp3) is 0.462. The van der Waals surface area contributed by atoms with E-state index >= 15 is 0 Å². The highest BCUT2D eigenvalue weighted by Crippen LogP contribution is 2.06. The van der Waals surface area contributed by atoms with E-state index < -0.39 is 0 Å². The van der Waals surface area contributed by atoms with E-state index in [0.29, 0.717) is 18.9 Å². The monoisotopic (exact) mass is 276 g/mol. The molecule has 0 amide bonds. The van der Waals surface area contributed by atoms with Gasteiger partial charge in [-0.3, -0.25) is 9.48 Å². The highest BCUT2D eigenvalue weighted by molar-refractivity contribution is 5.41. The number of hydrogen-bond acceptors (Lipinski definition) is 5. The maximum absolute atomic E-state index is 11.9. The fourth-order valence-corrected chi connectivity index (χ4v) is 1.87. The maximum atomic E-state index is 11.9. The summed E-state index contributed by atoms with van der Waals surface area (Å²) in [5, 5.41) is 8.28. The molecule has 20 heavy (non-hydrogen) atoms. The standard InChI is InChI=1S/C13H20N6O/c1-3-17(2)11-9-13(20)19(15-10-11)7-4-6-18-8-5-12(14)16-18/h5,8-10H,3-4,6-7H2,1-2H3,(H2,14,16). The molecule has 2 rings (SSSR count). The molecule has 0 unspecified atom stereocenters. The Morgan fingerprint density at radius 2 is 2.20 bits per heavy atom. The molecule has 0 fully saturated rings. The van der Waals surface area contributed by atoms with Crippen molar-refractivity contribution < 1.29 is 0 Å². The van der Waals surface area contributed by atoms with Gasteiger partial charge in [-0.1, -0.05) is 0 Å². The van der Waals surface area contributed by atoms with E-state index in [1.165, 1.54) is 4.68 Å². The Bertz CT molecular complexity index is 617. The number of hydrogen-bond donors (Lipinski definition) is 1. The summed E-state index contributed by atoms with van der Waals surface area (Å²) in [5.41, 5.74) is 6.30. The van der Waals surface area contributed by atoms with E-state index in [1.54, 1.807) is 23.0 Å². The Morgan fingerprint density at radius 1 is 1.40 bits per heavy atom. The van der Waals surface area contributed by atoms with Crippen LogP contribution in [0.25, 0.3) is 0 Å². The second-order valence-corrected chi connectivity index (χ2v) is 4.65.